The number of piperidine rings is 1. The van der Waals surface area contributed by atoms with E-state index in [1.54, 1.807) is 10.9 Å². The Morgan fingerprint density at radius 2 is 2.12 bits per heavy atom. The maximum absolute atomic E-state index is 12.7. The van der Waals surface area contributed by atoms with Crippen molar-refractivity contribution in [3.05, 3.63) is 46.7 Å². The number of carbonyl (C=O) groups is 1. The van der Waals surface area contributed by atoms with E-state index in [2.05, 4.69) is 20.9 Å². The summed E-state index contributed by atoms with van der Waals surface area (Å²) in [6.07, 6.45) is 7.11. The first-order valence-corrected chi connectivity index (χ1v) is 9.72. The molecule has 4 rings (SSSR count). The number of benzene rings is 1. The average Bonchev–Trinajstić information content (AvgIpc) is 3.08. The van der Waals surface area contributed by atoms with Crippen LogP contribution in [0.25, 0.3) is 0 Å². The number of hydrogen-bond donors (Lipinski definition) is 2. The number of hydrogen-bond acceptors (Lipinski definition) is 4. The Morgan fingerprint density at radius 3 is 2.77 bits per heavy atom. The van der Waals surface area contributed by atoms with E-state index >= 15 is 0 Å². The standard InChI is InChI=1S/C19H24ClN5O/c20-16-6-4-15(5-7-16)19(8-2-9-19)22-18(26)17-13-25(24-23-17)12-14-3-1-10-21-11-14/h4-7,13-14,21H,1-3,8-12H2,(H,22,26)/t14-/m0/s1. The molecule has 138 valence electrons. The lowest BCUT2D eigenvalue weighted by molar-refractivity contribution is 0.0818. The van der Waals surface area contributed by atoms with Crippen molar-refractivity contribution >= 4 is 17.5 Å². The molecule has 0 radical (unpaired) electrons. The summed E-state index contributed by atoms with van der Waals surface area (Å²) in [6.45, 7) is 2.89. The van der Waals surface area contributed by atoms with Crippen LogP contribution in [0.2, 0.25) is 5.02 Å². The molecule has 2 aromatic rings. The average molecular weight is 374 g/mol. The minimum absolute atomic E-state index is 0.160. The van der Waals surface area contributed by atoms with E-state index in [9.17, 15) is 4.79 Å². The molecule has 0 bridgehead atoms. The fraction of sp³-hybridized carbons (Fsp3) is 0.526. The van der Waals surface area contributed by atoms with Crippen LogP contribution in [-0.4, -0.2) is 34.0 Å². The van der Waals surface area contributed by atoms with Crippen LogP contribution in [0.4, 0.5) is 0 Å². The summed E-state index contributed by atoms with van der Waals surface area (Å²) in [5.41, 5.74) is 1.18. The quantitative estimate of drug-likeness (QED) is 0.845. The van der Waals surface area contributed by atoms with Crippen molar-refractivity contribution in [2.75, 3.05) is 13.1 Å². The zero-order chi connectivity index (χ0) is 18.0. The molecule has 26 heavy (non-hydrogen) atoms. The summed E-state index contributed by atoms with van der Waals surface area (Å²) in [6, 6.07) is 7.73. The Hall–Kier alpha value is -1.92. The first kappa shape index (κ1) is 17.5. The van der Waals surface area contributed by atoms with Crippen molar-refractivity contribution < 1.29 is 4.79 Å². The molecule has 1 aliphatic carbocycles. The van der Waals surface area contributed by atoms with E-state index in [4.69, 9.17) is 11.6 Å². The lowest BCUT2D eigenvalue weighted by Crippen LogP contribution is -2.50. The van der Waals surface area contributed by atoms with E-state index in [0.717, 1.165) is 44.5 Å². The van der Waals surface area contributed by atoms with Gasteiger partial charge in [0.1, 0.15) is 0 Å². The van der Waals surface area contributed by atoms with Crippen molar-refractivity contribution in [1.29, 1.82) is 0 Å². The first-order valence-electron chi connectivity index (χ1n) is 9.34. The minimum Gasteiger partial charge on any atom is -0.341 e. The van der Waals surface area contributed by atoms with Gasteiger partial charge in [-0.25, -0.2) is 0 Å². The number of nitrogens with zero attached hydrogens (tertiary/aromatic N) is 3. The topological polar surface area (TPSA) is 71.8 Å². The molecule has 2 fully saturated rings. The van der Waals surface area contributed by atoms with E-state index in [0.29, 0.717) is 16.6 Å². The lowest BCUT2D eigenvalue weighted by Gasteiger charge is -2.43. The van der Waals surface area contributed by atoms with Crippen molar-refractivity contribution in [1.82, 2.24) is 25.6 Å². The van der Waals surface area contributed by atoms with Gasteiger partial charge in [0.25, 0.3) is 5.91 Å². The van der Waals surface area contributed by atoms with E-state index in [1.165, 1.54) is 12.8 Å². The molecule has 2 aliphatic rings. The second kappa shape index (κ2) is 7.37. The summed E-state index contributed by atoms with van der Waals surface area (Å²) in [4.78, 5) is 12.7. The molecule has 2 heterocycles. The molecule has 1 saturated carbocycles. The summed E-state index contributed by atoms with van der Waals surface area (Å²) < 4.78 is 1.79. The number of carbonyl (C=O) groups excluding carboxylic acids is 1. The molecule has 1 aromatic heterocycles. The molecule has 0 unspecified atom stereocenters. The third kappa shape index (κ3) is 3.62. The van der Waals surface area contributed by atoms with E-state index < -0.39 is 0 Å². The highest BCUT2D eigenvalue weighted by Crippen LogP contribution is 2.41. The summed E-state index contributed by atoms with van der Waals surface area (Å²) in [5.74, 6) is 0.390. The molecule has 6 nitrogen and oxygen atoms in total. The third-order valence-corrected chi connectivity index (χ3v) is 5.82. The molecule has 1 aromatic carbocycles. The number of amides is 1. The molecule has 1 saturated heterocycles. The number of aromatic nitrogens is 3. The van der Waals surface area contributed by atoms with Crippen LogP contribution in [0.1, 0.15) is 48.2 Å². The van der Waals surface area contributed by atoms with E-state index in [1.807, 2.05) is 24.3 Å². The van der Waals surface area contributed by atoms with Gasteiger partial charge < -0.3 is 10.6 Å². The predicted octanol–water partition coefficient (Wildman–Crippen LogP) is 2.74. The molecular weight excluding hydrogens is 350 g/mol. The Kier molecular flexibility index (Phi) is 4.96. The number of halogens is 1. The largest absolute Gasteiger partial charge is 0.341 e. The second-order valence-corrected chi connectivity index (χ2v) is 7.87. The maximum Gasteiger partial charge on any atom is 0.274 e. The van der Waals surface area contributed by atoms with Crippen LogP contribution in [0.15, 0.2) is 30.5 Å². The van der Waals surface area contributed by atoms with Gasteiger partial charge in [0, 0.05) is 11.6 Å². The van der Waals surface area contributed by atoms with Crippen LogP contribution in [0.5, 0.6) is 0 Å². The van der Waals surface area contributed by atoms with Crippen molar-refractivity contribution in [3.8, 4) is 0 Å². The fourth-order valence-electron chi connectivity index (χ4n) is 3.90. The van der Waals surface area contributed by atoms with Crippen LogP contribution >= 0.6 is 11.6 Å². The highest BCUT2D eigenvalue weighted by Gasteiger charge is 2.40. The van der Waals surface area contributed by atoms with Gasteiger partial charge in [-0.3, -0.25) is 9.48 Å². The van der Waals surface area contributed by atoms with Crippen LogP contribution in [-0.2, 0) is 12.1 Å². The molecule has 2 N–H and O–H groups in total. The first-order chi connectivity index (χ1) is 12.6. The highest BCUT2D eigenvalue weighted by molar-refractivity contribution is 6.30. The number of rotatable bonds is 5. The van der Waals surface area contributed by atoms with Crippen LogP contribution < -0.4 is 10.6 Å². The van der Waals surface area contributed by atoms with Gasteiger partial charge in [-0.15, -0.1) is 5.10 Å². The molecular formula is C19H24ClN5O. The Bertz CT molecular complexity index is 762. The fourth-order valence-corrected chi connectivity index (χ4v) is 4.03. The number of nitrogens with one attached hydrogen (secondary N) is 2. The molecule has 1 aliphatic heterocycles. The maximum atomic E-state index is 12.7. The summed E-state index contributed by atoms with van der Waals surface area (Å²) in [7, 11) is 0. The Morgan fingerprint density at radius 1 is 1.31 bits per heavy atom. The predicted molar refractivity (Wildman–Crippen MR) is 100 cm³/mol. The minimum atomic E-state index is -0.307. The van der Waals surface area contributed by atoms with E-state index in [-0.39, 0.29) is 11.4 Å². The monoisotopic (exact) mass is 373 g/mol. The van der Waals surface area contributed by atoms with Gasteiger partial charge in [-0.05, 0) is 68.8 Å². The normalized spacial score (nSPS) is 21.8. The third-order valence-electron chi connectivity index (χ3n) is 5.57. The molecule has 1 atom stereocenters. The zero-order valence-electron chi connectivity index (χ0n) is 14.7. The Labute approximate surface area is 158 Å². The zero-order valence-corrected chi connectivity index (χ0v) is 15.5. The summed E-state index contributed by atoms with van der Waals surface area (Å²) in [5, 5.41) is 15.5. The van der Waals surface area contributed by atoms with Crippen LogP contribution in [0.3, 0.4) is 0 Å². The van der Waals surface area contributed by atoms with Gasteiger partial charge in [0.15, 0.2) is 5.69 Å². The van der Waals surface area contributed by atoms with Crippen LogP contribution in [0, 0.1) is 5.92 Å². The molecule has 1 amide bonds. The van der Waals surface area contributed by atoms with Gasteiger partial charge in [-0.1, -0.05) is 28.9 Å². The van der Waals surface area contributed by atoms with Gasteiger partial charge in [-0.2, -0.15) is 0 Å². The second-order valence-electron chi connectivity index (χ2n) is 7.43. The van der Waals surface area contributed by atoms with Gasteiger partial charge in [0.2, 0.25) is 0 Å². The molecule has 0 spiro atoms. The lowest BCUT2D eigenvalue weighted by atomic mass is 9.71. The van der Waals surface area contributed by atoms with Gasteiger partial charge in [0.05, 0.1) is 11.7 Å². The Balaban J connectivity index is 1.43. The SMILES string of the molecule is O=C(NC1(c2ccc(Cl)cc2)CCC1)c1cn(C[C@H]2CCCNC2)nn1. The van der Waals surface area contributed by atoms with Gasteiger partial charge >= 0.3 is 0 Å². The molecule has 7 heteroatoms. The van der Waals surface area contributed by atoms with Crippen molar-refractivity contribution in [2.45, 2.75) is 44.2 Å². The van der Waals surface area contributed by atoms with Crippen molar-refractivity contribution in [2.24, 2.45) is 5.92 Å². The highest BCUT2D eigenvalue weighted by atomic mass is 35.5. The summed E-state index contributed by atoms with van der Waals surface area (Å²) >= 11 is 5.99. The van der Waals surface area contributed by atoms with Crippen molar-refractivity contribution in [3.63, 3.8) is 0 Å². The smallest absolute Gasteiger partial charge is 0.274 e.